The van der Waals surface area contributed by atoms with E-state index < -0.39 is 0 Å². The molecule has 0 aliphatic rings. The van der Waals surface area contributed by atoms with E-state index in [1.165, 1.54) is 22.0 Å². The van der Waals surface area contributed by atoms with Crippen molar-refractivity contribution in [2.45, 2.75) is 66.2 Å². The Morgan fingerprint density at radius 1 is 0.731 bits per heavy atom. The molecule has 0 radical (unpaired) electrons. The summed E-state index contributed by atoms with van der Waals surface area (Å²) in [4.78, 5) is 0. The molecule has 0 fully saturated rings. The summed E-state index contributed by atoms with van der Waals surface area (Å²) in [5.41, 5.74) is 4.46. The third-order valence-corrected chi connectivity index (χ3v) is 4.25. The predicted octanol–water partition coefficient (Wildman–Crippen LogP) is 6.88. The molecule has 0 aliphatic heterocycles. The van der Waals surface area contributed by atoms with Crippen molar-refractivity contribution >= 4 is 10.9 Å². The number of hydrogen-bond acceptors (Lipinski definition) is 1. The number of aryl methyl sites for hydroxylation is 1. The zero-order chi connectivity index (χ0) is 20.0. The molecule has 0 aliphatic carbocycles. The van der Waals surface area contributed by atoms with Gasteiger partial charge in [0.1, 0.15) is 0 Å². The van der Waals surface area contributed by atoms with Crippen molar-refractivity contribution in [3.8, 4) is 0 Å². The van der Waals surface area contributed by atoms with Gasteiger partial charge in [-0.25, -0.2) is 0 Å². The van der Waals surface area contributed by atoms with E-state index in [9.17, 15) is 0 Å². The molecule has 1 heterocycles. The molecule has 2 heteroatoms. The summed E-state index contributed by atoms with van der Waals surface area (Å²) in [6, 6.07) is 17.1. The first kappa shape index (κ1) is 22.0. The van der Waals surface area contributed by atoms with E-state index in [1.807, 2.05) is 31.8 Å². The molecule has 0 bridgehead atoms. The Morgan fingerprint density at radius 3 is 1.73 bits per heavy atom. The Labute approximate surface area is 160 Å². The molecule has 0 spiro atoms. The average Bonchev–Trinajstić information content (AvgIpc) is 2.97. The van der Waals surface area contributed by atoms with E-state index in [1.54, 1.807) is 0 Å². The molecule has 26 heavy (non-hydrogen) atoms. The lowest BCUT2D eigenvalue weighted by Gasteiger charge is -2.18. The fraction of sp³-hybridized carbons (Fsp3) is 0.458. The second-order valence-corrected chi connectivity index (χ2v) is 8.41. The molecular weight excluding hydrogens is 316 g/mol. The number of aromatic nitrogens is 2. The minimum Gasteiger partial charge on any atom is -0.268 e. The Morgan fingerprint density at radius 2 is 1.27 bits per heavy atom. The van der Waals surface area contributed by atoms with E-state index in [2.05, 4.69) is 95.2 Å². The fourth-order valence-electron chi connectivity index (χ4n) is 2.57. The van der Waals surface area contributed by atoms with Crippen LogP contribution in [0.1, 0.15) is 66.5 Å². The molecule has 0 amide bonds. The van der Waals surface area contributed by atoms with Crippen molar-refractivity contribution in [3.05, 3.63) is 65.9 Å². The number of nitrogens with zero attached hydrogens (tertiary/aromatic N) is 2. The van der Waals surface area contributed by atoms with E-state index in [4.69, 9.17) is 0 Å². The SMILES string of the molecule is CC.CC(C)(C)c1ccccc1.Cn1ncc2cc(C(C)(C)C)ccc21. The third kappa shape index (κ3) is 6.01. The number of fused-ring (bicyclic) bond motifs is 1. The molecule has 142 valence electrons. The standard InChI is InChI=1S/C12H16N2.C10H14.C2H6/c1-12(2,3)10-5-6-11-9(7-10)8-13-14(11)4;1-10(2,3)9-7-5-4-6-8-9;1-2/h5-8H,1-4H3;4-8H,1-3H3;1-2H3. The quantitative estimate of drug-likeness (QED) is 0.431. The number of benzene rings is 2. The van der Waals surface area contributed by atoms with Crippen LogP contribution < -0.4 is 0 Å². The molecule has 0 N–H and O–H groups in total. The third-order valence-electron chi connectivity index (χ3n) is 4.25. The highest BCUT2D eigenvalue weighted by atomic mass is 15.2. The minimum atomic E-state index is 0.212. The van der Waals surface area contributed by atoms with Crippen LogP contribution in [0.25, 0.3) is 10.9 Å². The summed E-state index contributed by atoms with van der Waals surface area (Å²) < 4.78 is 1.90. The summed E-state index contributed by atoms with van der Waals surface area (Å²) in [6.45, 7) is 17.4. The largest absolute Gasteiger partial charge is 0.268 e. The first-order chi connectivity index (χ1) is 12.1. The second kappa shape index (κ2) is 9.02. The van der Waals surface area contributed by atoms with Gasteiger partial charge in [0.2, 0.25) is 0 Å². The Balaban J connectivity index is 0.000000249. The summed E-state index contributed by atoms with van der Waals surface area (Å²) in [6.07, 6.45) is 1.92. The van der Waals surface area contributed by atoms with Gasteiger partial charge in [-0.2, -0.15) is 5.10 Å². The fourth-order valence-corrected chi connectivity index (χ4v) is 2.57. The molecule has 1 aromatic heterocycles. The number of rotatable bonds is 0. The van der Waals surface area contributed by atoms with E-state index in [0.717, 1.165) is 0 Å². The molecule has 3 rings (SSSR count). The maximum atomic E-state index is 4.24. The lowest BCUT2D eigenvalue weighted by molar-refractivity contribution is 0.590. The van der Waals surface area contributed by atoms with Crippen molar-refractivity contribution in [2.24, 2.45) is 7.05 Å². The normalized spacial score (nSPS) is 11.3. The van der Waals surface area contributed by atoms with E-state index in [-0.39, 0.29) is 5.41 Å². The van der Waals surface area contributed by atoms with Crippen molar-refractivity contribution in [1.29, 1.82) is 0 Å². The maximum absolute atomic E-state index is 4.24. The molecule has 3 aromatic rings. The summed E-state index contributed by atoms with van der Waals surface area (Å²) in [7, 11) is 1.97. The molecule has 0 unspecified atom stereocenters. The lowest BCUT2D eigenvalue weighted by atomic mass is 9.86. The second-order valence-electron chi connectivity index (χ2n) is 8.41. The van der Waals surface area contributed by atoms with Gasteiger partial charge in [-0.15, -0.1) is 0 Å². The topological polar surface area (TPSA) is 17.8 Å². The first-order valence-corrected chi connectivity index (χ1v) is 9.57. The van der Waals surface area contributed by atoms with Gasteiger partial charge in [0.25, 0.3) is 0 Å². The van der Waals surface area contributed by atoms with Gasteiger partial charge in [-0.3, -0.25) is 4.68 Å². The van der Waals surface area contributed by atoms with Crippen LogP contribution in [-0.2, 0) is 17.9 Å². The Bertz CT molecular complexity index is 784. The predicted molar refractivity (Wildman–Crippen MR) is 116 cm³/mol. The Kier molecular flexibility index (Phi) is 7.62. The van der Waals surface area contributed by atoms with Gasteiger partial charge in [0.15, 0.2) is 0 Å². The molecular formula is C24H36N2. The highest BCUT2D eigenvalue weighted by Crippen LogP contribution is 2.25. The van der Waals surface area contributed by atoms with Crippen LogP contribution in [0, 0.1) is 0 Å². The Hall–Kier alpha value is -2.09. The van der Waals surface area contributed by atoms with Crippen LogP contribution in [0.4, 0.5) is 0 Å². The summed E-state index contributed by atoms with van der Waals surface area (Å²) in [5.74, 6) is 0. The van der Waals surface area contributed by atoms with Crippen LogP contribution in [0.5, 0.6) is 0 Å². The monoisotopic (exact) mass is 352 g/mol. The lowest BCUT2D eigenvalue weighted by Crippen LogP contribution is -2.10. The van der Waals surface area contributed by atoms with Crippen LogP contribution in [0.15, 0.2) is 54.7 Å². The van der Waals surface area contributed by atoms with Crippen molar-refractivity contribution in [3.63, 3.8) is 0 Å². The summed E-state index contributed by atoms with van der Waals surface area (Å²) in [5, 5.41) is 5.46. The zero-order valence-electron chi connectivity index (χ0n) is 18.1. The van der Waals surface area contributed by atoms with Crippen molar-refractivity contribution in [2.75, 3.05) is 0 Å². The van der Waals surface area contributed by atoms with Crippen LogP contribution >= 0.6 is 0 Å². The summed E-state index contributed by atoms with van der Waals surface area (Å²) >= 11 is 0. The molecule has 0 atom stereocenters. The van der Waals surface area contributed by atoms with Gasteiger partial charge in [-0.1, -0.05) is 91.8 Å². The maximum Gasteiger partial charge on any atom is 0.0679 e. The first-order valence-electron chi connectivity index (χ1n) is 9.57. The molecule has 0 saturated carbocycles. The smallest absolute Gasteiger partial charge is 0.0679 e. The highest BCUT2D eigenvalue weighted by Gasteiger charge is 2.14. The van der Waals surface area contributed by atoms with Crippen LogP contribution in [0.2, 0.25) is 0 Å². The van der Waals surface area contributed by atoms with Gasteiger partial charge in [0, 0.05) is 12.4 Å². The highest BCUT2D eigenvalue weighted by molar-refractivity contribution is 5.79. The van der Waals surface area contributed by atoms with Crippen LogP contribution in [-0.4, -0.2) is 9.78 Å². The van der Waals surface area contributed by atoms with Gasteiger partial charge < -0.3 is 0 Å². The molecule has 0 saturated heterocycles. The van der Waals surface area contributed by atoms with E-state index >= 15 is 0 Å². The van der Waals surface area contributed by atoms with Gasteiger partial charge in [0.05, 0.1) is 11.7 Å². The van der Waals surface area contributed by atoms with Crippen molar-refractivity contribution < 1.29 is 0 Å². The minimum absolute atomic E-state index is 0.212. The average molecular weight is 353 g/mol. The van der Waals surface area contributed by atoms with Crippen molar-refractivity contribution in [1.82, 2.24) is 9.78 Å². The number of hydrogen-bond donors (Lipinski definition) is 0. The van der Waals surface area contributed by atoms with E-state index in [0.29, 0.717) is 5.41 Å². The molecule has 2 nitrogen and oxygen atoms in total. The zero-order valence-corrected chi connectivity index (χ0v) is 18.1. The van der Waals surface area contributed by atoms with Gasteiger partial charge in [-0.05, 0) is 34.1 Å². The van der Waals surface area contributed by atoms with Gasteiger partial charge >= 0.3 is 0 Å². The molecule has 2 aromatic carbocycles. The van der Waals surface area contributed by atoms with Crippen LogP contribution in [0.3, 0.4) is 0 Å².